The molecule has 2 aromatic carbocycles. The van der Waals surface area contributed by atoms with Crippen LogP contribution in [0.25, 0.3) is 10.2 Å². The molecule has 34 heavy (non-hydrogen) atoms. The summed E-state index contributed by atoms with van der Waals surface area (Å²) in [6, 6.07) is 16.2. The van der Waals surface area contributed by atoms with Crippen LogP contribution in [-0.4, -0.2) is 34.2 Å². The quantitative estimate of drug-likeness (QED) is 0.281. The molecule has 0 aliphatic heterocycles. The number of carbonyl (C=O) groups excluding carboxylic acids is 2. The Hall–Kier alpha value is -3.63. The number of rotatable bonds is 8. The molecule has 0 saturated heterocycles. The number of anilines is 2. The van der Waals surface area contributed by atoms with Gasteiger partial charge in [-0.1, -0.05) is 30.0 Å². The molecule has 0 fully saturated rings. The fraction of sp³-hybridized carbons (Fsp3) is 0.167. The zero-order valence-corrected chi connectivity index (χ0v) is 20.2. The number of methoxy groups -OCH3 is 1. The van der Waals surface area contributed by atoms with Gasteiger partial charge in [0.2, 0.25) is 11.8 Å². The average molecular weight is 495 g/mol. The van der Waals surface area contributed by atoms with E-state index in [4.69, 9.17) is 4.74 Å². The predicted molar refractivity (Wildman–Crippen MR) is 136 cm³/mol. The smallest absolute Gasteiger partial charge is 0.272 e. The van der Waals surface area contributed by atoms with Crippen LogP contribution in [0.2, 0.25) is 0 Å². The molecule has 10 heteroatoms. The summed E-state index contributed by atoms with van der Waals surface area (Å²) in [5.41, 5.74) is 2.56. The lowest BCUT2D eigenvalue weighted by atomic mass is 10.2. The van der Waals surface area contributed by atoms with Crippen molar-refractivity contribution >= 4 is 56.5 Å². The summed E-state index contributed by atoms with van der Waals surface area (Å²) in [5, 5.41) is 7.80. The van der Waals surface area contributed by atoms with E-state index in [-0.39, 0.29) is 23.1 Å². The molecule has 2 amide bonds. The van der Waals surface area contributed by atoms with E-state index in [1.807, 2.05) is 29.6 Å². The summed E-state index contributed by atoms with van der Waals surface area (Å²) < 4.78 is 7.38. The van der Waals surface area contributed by atoms with Crippen LogP contribution in [-0.2, 0) is 16.1 Å². The van der Waals surface area contributed by atoms with Crippen LogP contribution in [0.3, 0.4) is 0 Å². The highest BCUT2D eigenvalue weighted by Crippen LogP contribution is 2.23. The van der Waals surface area contributed by atoms with Gasteiger partial charge in [-0.15, -0.1) is 11.3 Å². The number of aromatic nitrogens is 2. The van der Waals surface area contributed by atoms with Gasteiger partial charge in [0.05, 0.1) is 24.9 Å². The Balaban J connectivity index is 1.52. The topological polar surface area (TPSA) is 102 Å². The van der Waals surface area contributed by atoms with E-state index in [0.717, 1.165) is 11.3 Å². The number of hydrogen-bond donors (Lipinski definition) is 2. The number of benzene rings is 2. The summed E-state index contributed by atoms with van der Waals surface area (Å²) in [6.07, 6.45) is 0. The van der Waals surface area contributed by atoms with Gasteiger partial charge >= 0.3 is 0 Å². The van der Waals surface area contributed by atoms with Crippen molar-refractivity contribution in [1.29, 1.82) is 0 Å². The van der Waals surface area contributed by atoms with Crippen molar-refractivity contribution in [3.8, 4) is 5.75 Å². The Kier molecular flexibility index (Phi) is 7.29. The monoisotopic (exact) mass is 494 g/mol. The van der Waals surface area contributed by atoms with Gasteiger partial charge in [0, 0.05) is 18.3 Å². The van der Waals surface area contributed by atoms with Crippen LogP contribution in [0.5, 0.6) is 5.75 Å². The van der Waals surface area contributed by atoms with E-state index in [1.165, 1.54) is 30.0 Å². The minimum atomic E-state index is -0.249. The van der Waals surface area contributed by atoms with E-state index in [1.54, 1.807) is 42.0 Å². The fourth-order valence-corrected chi connectivity index (χ4v) is 4.87. The van der Waals surface area contributed by atoms with Crippen molar-refractivity contribution in [1.82, 2.24) is 9.55 Å². The lowest BCUT2D eigenvalue weighted by molar-refractivity contribution is -0.114. The third kappa shape index (κ3) is 5.64. The highest BCUT2D eigenvalue weighted by atomic mass is 32.2. The third-order valence-corrected chi connectivity index (χ3v) is 6.70. The van der Waals surface area contributed by atoms with Crippen molar-refractivity contribution in [2.75, 3.05) is 23.5 Å². The van der Waals surface area contributed by atoms with E-state index >= 15 is 0 Å². The molecule has 0 unspecified atom stereocenters. The van der Waals surface area contributed by atoms with Crippen LogP contribution in [0.15, 0.2) is 69.9 Å². The second-order valence-electron chi connectivity index (χ2n) is 7.37. The molecule has 4 rings (SSSR count). The first-order chi connectivity index (χ1) is 16.4. The standard InChI is InChI=1S/C24H22N4O4S2/c1-15(29)25-17-4-3-5-18(12-17)26-21(30)14-34-24-27-20-10-11-33-22(20)23(31)28(24)13-16-6-8-19(32-2)9-7-16/h3-12H,13-14H2,1-2H3,(H,25,29)(H,26,30). The Morgan fingerprint density at radius 2 is 1.82 bits per heavy atom. The Morgan fingerprint density at radius 1 is 1.09 bits per heavy atom. The van der Waals surface area contributed by atoms with Crippen LogP contribution in [0, 0.1) is 0 Å². The molecule has 0 spiro atoms. The Morgan fingerprint density at radius 3 is 2.53 bits per heavy atom. The number of thioether (sulfide) groups is 1. The molecular weight excluding hydrogens is 472 g/mol. The maximum Gasteiger partial charge on any atom is 0.272 e. The van der Waals surface area contributed by atoms with Crippen LogP contribution < -0.4 is 20.9 Å². The molecule has 174 valence electrons. The van der Waals surface area contributed by atoms with Gasteiger partial charge in [-0.2, -0.15) is 0 Å². The molecule has 0 aliphatic rings. The normalized spacial score (nSPS) is 10.8. The highest BCUT2D eigenvalue weighted by Gasteiger charge is 2.15. The molecule has 2 N–H and O–H groups in total. The highest BCUT2D eigenvalue weighted by molar-refractivity contribution is 7.99. The summed E-state index contributed by atoms with van der Waals surface area (Å²) in [5.74, 6) is 0.357. The molecule has 0 bridgehead atoms. The zero-order valence-electron chi connectivity index (χ0n) is 18.5. The van der Waals surface area contributed by atoms with Gasteiger partial charge in [-0.25, -0.2) is 4.98 Å². The number of nitrogens with zero attached hydrogens (tertiary/aromatic N) is 2. The van der Waals surface area contributed by atoms with Gasteiger partial charge < -0.3 is 15.4 Å². The average Bonchev–Trinajstić information content (AvgIpc) is 3.29. The van der Waals surface area contributed by atoms with Crippen molar-refractivity contribution in [2.45, 2.75) is 18.6 Å². The molecule has 0 aliphatic carbocycles. The summed E-state index contributed by atoms with van der Waals surface area (Å²) >= 11 is 2.55. The number of nitrogens with one attached hydrogen (secondary N) is 2. The largest absolute Gasteiger partial charge is 0.497 e. The minimum Gasteiger partial charge on any atom is -0.497 e. The SMILES string of the molecule is COc1ccc(Cn2c(SCC(=O)Nc3cccc(NC(C)=O)c3)nc3ccsc3c2=O)cc1. The molecule has 8 nitrogen and oxygen atoms in total. The molecule has 4 aromatic rings. The first kappa shape index (κ1) is 23.5. The Labute approximate surface area is 204 Å². The predicted octanol–water partition coefficient (Wildman–Crippen LogP) is 4.20. The van der Waals surface area contributed by atoms with Gasteiger partial charge in [0.1, 0.15) is 10.4 Å². The number of thiophene rings is 1. The van der Waals surface area contributed by atoms with Crippen LogP contribution in [0.4, 0.5) is 11.4 Å². The van der Waals surface area contributed by atoms with Gasteiger partial charge in [0.25, 0.3) is 5.56 Å². The lowest BCUT2D eigenvalue weighted by Gasteiger charge is -2.13. The molecule has 0 saturated carbocycles. The maximum absolute atomic E-state index is 13.2. The Bertz CT molecular complexity index is 1400. The van der Waals surface area contributed by atoms with Crippen LogP contribution in [0.1, 0.15) is 12.5 Å². The number of amides is 2. The van der Waals surface area contributed by atoms with Crippen molar-refractivity contribution in [3.63, 3.8) is 0 Å². The number of fused-ring (bicyclic) bond motifs is 1. The third-order valence-electron chi connectivity index (χ3n) is 4.83. The summed E-state index contributed by atoms with van der Waals surface area (Å²) in [7, 11) is 1.60. The van der Waals surface area contributed by atoms with E-state index in [2.05, 4.69) is 15.6 Å². The van der Waals surface area contributed by atoms with E-state index < -0.39 is 0 Å². The van der Waals surface area contributed by atoms with Gasteiger partial charge in [0.15, 0.2) is 5.16 Å². The summed E-state index contributed by atoms with van der Waals surface area (Å²) in [4.78, 5) is 41.7. The first-order valence-corrected chi connectivity index (χ1v) is 12.2. The van der Waals surface area contributed by atoms with E-state index in [9.17, 15) is 14.4 Å². The van der Waals surface area contributed by atoms with Gasteiger partial charge in [-0.3, -0.25) is 19.0 Å². The van der Waals surface area contributed by atoms with Crippen molar-refractivity contribution < 1.29 is 14.3 Å². The maximum atomic E-state index is 13.2. The number of hydrogen-bond acceptors (Lipinski definition) is 7. The van der Waals surface area contributed by atoms with Crippen molar-refractivity contribution in [3.05, 3.63) is 75.9 Å². The molecular formula is C24H22N4O4S2. The molecule has 0 radical (unpaired) electrons. The van der Waals surface area contributed by atoms with Crippen molar-refractivity contribution in [2.24, 2.45) is 0 Å². The first-order valence-electron chi connectivity index (χ1n) is 10.3. The second kappa shape index (κ2) is 10.5. The number of ether oxygens (including phenoxy) is 1. The number of carbonyl (C=O) groups is 2. The lowest BCUT2D eigenvalue weighted by Crippen LogP contribution is -2.24. The molecule has 2 aromatic heterocycles. The minimum absolute atomic E-state index is 0.0645. The second-order valence-corrected chi connectivity index (χ2v) is 9.23. The fourth-order valence-electron chi connectivity index (χ4n) is 3.29. The van der Waals surface area contributed by atoms with Crippen LogP contribution >= 0.6 is 23.1 Å². The van der Waals surface area contributed by atoms with Gasteiger partial charge in [-0.05, 0) is 47.3 Å². The van der Waals surface area contributed by atoms with E-state index in [0.29, 0.717) is 33.3 Å². The zero-order chi connectivity index (χ0) is 24.1. The molecule has 2 heterocycles. The molecule has 0 atom stereocenters. The summed E-state index contributed by atoms with van der Waals surface area (Å²) in [6.45, 7) is 1.75.